The Balaban J connectivity index is 1.33. The second-order valence-electron chi connectivity index (χ2n) is 6.76. The molecule has 0 unspecified atom stereocenters. The predicted octanol–water partition coefficient (Wildman–Crippen LogP) is 4.55. The van der Waals surface area contributed by atoms with Crippen LogP contribution in [0.25, 0.3) is 11.3 Å². The molecular weight excluding hydrogens is 347 g/mol. The number of halogens is 1. The first-order chi connectivity index (χ1) is 13.2. The monoisotopic (exact) mass is 368 g/mol. The number of aromatic nitrogens is 2. The molecule has 4 rings (SSSR count). The van der Waals surface area contributed by atoms with Crippen LogP contribution in [-0.4, -0.2) is 21.9 Å². The minimum absolute atomic E-state index is 0.111. The van der Waals surface area contributed by atoms with E-state index >= 15 is 0 Å². The molecular formula is C21H21FN2O3. The molecule has 0 radical (unpaired) electrons. The van der Waals surface area contributed by atoms with Crippen LogP contribution in [0.1, 0.15) is 37.5 Å². The summed E-state index contributed by atoms with van der Waals surface area (Å²) in [6.07, 6.45) is 7.00. The summed E-state index contributed by atoms with van der Waals surface area (Å²) in [6, 6.07) is 11.9. The number of hydrogen-bond acceptors (Lipinski definition) is 4. The molecule has 1 aliphatic carbocycles. The summed E-state index contributed by atoms with van der Waals surface area (Å²) in [4.78, 5) is 12.3. The number of carbonyl (C=O) groups excluding carboxylic acids is 1. The molecule has 1 fully saturated rings. The lowest BCUT2D eigenvalue weighted by Gasteiger charge is -2.20. The van der Waals surface area contributed by atoms with Crippen molar-refractivity contribution >= 4 is 5.97 Å². The summed E-state index contributed by atoms with van der Waals surface area (Å²) in [5.74, 6) is 0.526. The topological polar surface area (TPSA) is 57.3 Å². The molecule has 140 valence electrons. The van der Waals surface area contributed by atoms with Crippen molar-refractivity contribution in [2.75, 3.05) is 0 Å². The Labute approximate surface area is 156 Å². The maximum atomic E-state index is 13.8. The van der Waals surface area contributed by atoms with Crippen LogP contribution in [0.2, 0.25) is 0 Å². The molecule has 27 heavy (non-hydrogen) atoms. The van der Waals surface area contributed by atoms with E-state index in [0.29, 0.717) is 23.5 Å². The first kappa shape index (κ1) is 17.5. The molecule has 0 spiro atoms. The van der Waals surface area contributed by atoms with Gasteiger partial charge in [0, 0.05) is 18.8 Å². The smallest absolute Gasteiger partial charge is 0.306 e. The molecule has 2 aromatic heterocycles. The molecule has 0 saturated heterocycles. The fraction of sp³-hybridized carbons (Fsp3) is 0.333. The predicted molar refractivity (Wildman–Crippen MR) is 97.4 cm³/mol. The molecule has 3 aromatic rings. The molecule has 0 aliphatic heterocycles. The molecule has 0 N–H and O–H groups in total. The van der Waals surface area contributed by atoms with Gasteiger partial charge in [-0.05, 0) is 49.6 Å². The van der Waals surface area contributed by atoms with E-state index in [2.05, 4.69) is 5.10 Å². The SMILES string of the molecule is O=C(CCc1ccc(-c2ccccc2F)o1)O[C@@H]1CCC[C@H]1n1cccn1. The largest absolute Gasteiger partial charge is 0.461 e. The molecule has 1 aromatic carbocycles. The maximum absolute atomic E-state index is 13.8. The Hall–Kier alpha value is -2.89. The van der Waals surface area contributed by atoms with Crippen molar-refractivity contribution in [1.29, 1.82) is 0 Å². The Morgan fingerprint density at radius 3 is 2.93 bits per heavy atom. The van der Waals surface area contributed by atoms with Gasteiger partial charge in [0.05, 0.1) is 18.0 Å². The van der Waals surface area contributed by atoms with Crippen LogP contribution in [0.4, 0.5) is 4.39 Å². The summed E-state index contributed by atoms with van der Waals surface area (Å²) in [5, 5.41) is 4.27. The quantitative estimate of drug-likeness (QED) is 0.599. The average Bonchev–Trinajstić information content (AvgIpc) is 3.42. The first-order valence-corrected chi connectivity index (χ1v) is 9.23. The summed E-state index contributed by atoms with van der Waals surface area (Å²) in [5.41, 5.74) is 0.416. The lowest BCUT2D eigenvalue weighted by atomic mass is 10.1. The van der Waals surface area contributed by atoms with E-state index in [-0.39, 0.29) is 30.4 Å². The standard InChI is InChI=1S/C21H21FN2O3/c22-17-6-2-1-5-16(17)19-11-9-15(26-19)10-12-21(25)27-20-8-3-7-18(20)24-14-4-13-23-24/h1-2,4-6,9,11,13-14,18,20H,3,7-8,10,12H2/t18-,20-/m1/s1. The van der Waals surface area contributed by atoms with Crippen LogP contribution >= 0.6 is 0 Å². The van der Waals surface area contributed by atoms with Crippen LogP contribution in [0, 0.1) is 5.82 Å². The maximum Gasteiger partial charge on any atom is 0.306 e. The molecule has 2 heterocycles. The van der Waals surface area contributed by atoms with E-state index in [1.54, 1.807) is 36.5 Å². The number of ether oxygens (including phenoxy) is 1. The number of esters is 1. The van der Waals surface area contributed by atoms with E-state index < -0.39 is 0 Å². The molecule has 0 amide bonds. The van der Waals surface area contributed by atoms with Gasteiger partial charge in [0.25, 0.3) is 0 Å². The lowest BCUT2D eigenvalue weighted by molar-refractivity contribution is -0.150. The number of carbonyl (C=O) groups is 1. The highest BCUT2D eigenvalue weighted by Crippen LogP contribution is 2.32. The van der Waals surface area contributed by atoms with Gasteiger partial charge >= 0.3 is 5.97 Å². The van der Waals surface area contributed by atoms with Crippen LogP contribution in [0.3, 0.4) is 0 Å². The Morgan fingerprint density at radius 2 is 2.11 bits per heavy atom. The minimum atomic E-state index is -0.330. The third kappa shape index (κ3) is 3.94. The molecule has 1 aliphatic rings. The third-order valence-electron chi connectivity index (χ3n) is 4.94. The second kappa shape index (κ2) is 7.78. The van der Waals surface area contributed by atoms with Crippen LogP contribution < -0.4 is 0 Å². The van der Waals surface area contributed by atoms with Gasteiger partial charge in [-0.25, -0.2) is 4.39 Å². The summed E-state index contributed by atoms with van der Waals surface area (Å²) < 4.78 is 27.1. The van der Waals surface area contributed by atoms with Crippen molar-refractivity contribution in [1.82, 2.24) is 9.78 Å². The zero-order valence-corrected chi connectivity index (χ0v) is 14.9. The average molecular weight is 368 g/mol. The van der Waals surface area contributed by atoms with E-state index in [9.17, 15) is 9.18 Å². The normalized spacial score (nSPS) is 19.3. The van der Waals surface area contributed by atoms with E-state index in [1.807, 2.05) is 16.9 Å². The Bertz CT molecular complexity index is 904. The fourth-order valence-corrected chi connectivity index (χ4v) is 3.59. The van der Waals surface area contributed by atoms with Crippen molar-refractivity contribution in [2.24, 2.45) is 0 Å². The van der Waals surface area contributed by atoms with Crippen LogP contribution in [-0.2, 0) is 16.0 Å². The number of rotatable bonds is 6. The summed E-state index contributed by atoms with van der Waals surface area (Å²) in [7, 11) is 0. The highest BCUT2D eigenvalue weighted by molar-refractivity contribution is 5.70. The number of benzene rings is 1. The van der Waals surface area contributed by atoms with Gasteiger partial charge < -0.3 is 9.15 Å². The summed E-state index contributed by atoms with van der Waals surface area (Å²) >= 11 is 0. The van der Waals surface area contributed by atoms with Gasteiger partial charge in [-0.3, -0.25) is 9.48 Å². The van der Waals surface area contributed by atoms with Crippen LogP contribution in [0.15, 0.2) is 59.3 Å². The fourth-order valence-electron chi connectivity index (χ4n) is 3.59. The molecule has 1 saturated carbocycles. The number of aryl methyl sites for hydroxylation is 1. The Morgan fingerprint density at radius 1 is 1.22 bits per heavy atom. The first-order valence-electron chi connectivity index (χ1n) is 9.23. The van der Waals surface area contributed by atoms with E-state index in [1.165, 1.54) is 6.07 Å². The van der Waals surface area contributed by atoms with Gasteiger partial charge in [-0.1, -0.05) is 12.1 Å². The van der Waals surface area contributed by atoms with Crippen molar-refractivity contribution < 1.29 is 18.3 Å². The van der Waals surface area contributed by atoms with Gasteiger partial charge in [0.15, 0.2) is 0 Å². The number of nitrogens with zero attached hydrogens (tertiary/aromatic N) is 2. The van der Waals surface area contributed by atoms with Crippen molar-refractivity contribution in [3.05, 3.63) is 66.4 Å². The minimum Gasteiger partial charge on any atom is -0.461 e. The molecule has 0 bridgehead atoms. The van der Waals surface area contributed by atoms with E-state index in [4.69, 9.17) is 9.15 Å². The molecule has 5 nitrogen and oxygen atoms in total. The molecule has 2 atom stereocenters. The number of furan rings is 1. The second-order valence-corrected chi connectivity index (χ2v) is 6.76. The van der Waals surface area contributed by atoms with Gasteiger partial charge in [0.2, 0.25) is 0 Å². The summed E-state index contributed by atoms with van der Waals surface area (Å²) in [6.45, 7) is 0. The van der Waals surface area contributed by atoms with E-state index in [0.717, 1.165) is 19.3 Å². The highest BCUT2D eigenvalue weighted by atomic mass is 19.1. The lowest BCUT2D eigenvalue weighted by Crippen LogP contribution is -2.25. The zero-order valence-electron chi connectivity index (χ0n) is 14.9. The highest BCUT2D eigenvalue weighted by Gasteiger charge is 2.32. The number of hydrogen-bond donors (Lipinski definition) is 0. The Kier molecular flexibility index (Phi) is 5.05. The van der Waals surface area contributed by atoms with Gasteiger partial charge in [-0.15, -0.1) is 0 Å². The van der Waals surface area contributed by atoms with Crippen molar-refractivity contribution in [3.63, 3.8) is 0 Å². The van der Waals surface area contributed by atoms with Gasteiger partial charge in [0.1, 0.15) is 23.4 Å². The zero-order chi connectivity index (χ0) is 18.6. The van der Waals surface area contributed by atoms with Crippen LogP contribution in [0.5, 0.6) is 0 Å². The van der Waals surface area contributed by atoms with Gasteiger partial charge in [-0.2, -0.15) is 5.10 Å². The molecule has 6 heteroatoms. The van der Waals surface area contributed by atoms with Crippen molar-refractivity contribution in [3.8, 4) is 11.3 Å². The van der Waals surface area contributed by atoms with Crippen molar-refractivity contribution in [2.45, 2.75) is 44.2 Å². The third-order valence-corrected chi connectivity index (χ3v) is 4.94.